The third-order valence-electron chi connectivity index (χ3n) is 5.37. The second-order valence-corrected chi connectivity index (χ2v) is 7.89. The van der Waals surface area contributed by atoms with E-state index in [-0.39, 0.29) is 0 Å². The number of halogens is 1. The minimum absolute atomic E-state index is 0.869. The van der Waals surface area contributed by atoms with Gasteiger partial charge in [0.1, 0.15) is 23.3 Å². The number of rotatable bonds is 3. The first-order valence-electron chi connectivity index (χ1n) is 9.39. The summed E-state index contributed by atoms with van der Waals surface area (Å²) in [4.78, 5) is 0. The fourth-order valence-electron chi connectivity index (χ4n) is 3.99. The van der Waals surface area contributed by atoms with Gasteiger partial charge in [-0.15, -0.1) is 0 Å². The van der Waals surface area contributed by atoms with Gasteiger partial charge in [0.05, 0.1) is 13.5 Å². The van der Waals surface area contributed by atoms with Crippen LogP contribution in [0.25, 0.3) is 22.6 Å². The largest absolute Gasteiger partial charge is 0.497 e. The molecule has 0 N–H and O–H groups in total. The summed E-state index contributed by atoms with van der Waals surface area (Å²) in [7, 11) is 1.70. The maximum Gasteiger partial charge on any atom is 0.267 e. The first-order chi connectivity index (χ1) is 13.7. The molecule has 28 heavy (non-hydrogen) atoms. The summed E-state index contributed by atoms with van der Waals surface area (Å²) < 4.78 is 11.2. The van der Waals surface area contributed by atoms with E-state index >= 15 is 0 Å². The molecule has 1 aliphatic rings. The number of ether oxygens (including phenoxy) is 1. The van der Waals surface area contributed by atoms with Crippen LogP contribution in [0.15, 0.2) is 83.5 Å². The van der Waals surface area contributed by atoms with Gasteiger partial charge < -0.3 is 4.74 Å². The van der Waals surface area contributed by atoms with Crippen LogP contribution in [-0.2, 0) is 12.8 Å². The van der Waals surface area contributed by atoms with Gasteiger partial charge in [-0.3, -0.25) is 0 Å². The predicted octanol–water partition coefficient (Wildman–Crippen LogP) is 5.29. The highest BCUT2D eigenvalue weighted by Crippen LogP contribution is 2.30. The number of aromatic nitrogens is 2. The molecule has 0 unspecified atom stereocenters. The van der Waals surface area contributed by atoms with Gasteiger partial charge in [-0.25, -0.2) is 0 Å². The SMILES string of the molecule is COc1ccc(-c2c[n+]3c(n2-c2ccc(Br)cc2)CCc2ccccc2-3)cc1. The summed E-state index contributed by atoms with van der Waals surface area (Å²) in [6.07, 6.45) is 4.32. The van der Waals surface area contributed by atoms with Gasteiger partial charge >= 0.3 is 0 Å². The molecule has 1 aromatic heterocycles. The molecular weight excluding hydrogens is 412 g/mol. The fraction of sp³-hybridized carbons (Fsp3) is 0.125. The number of benzene rings is 3. The highest BCUT2D eigenvalue weighted by molar-refractivity contribution is 9.10. The Balaban J connectivity index is 1.76. The third kappa shape index (κ3) is 2.85. The number of fused-ring (bicyclic) bond motifs is 3. The van der Waals surface area contributed by atoms with Crippen LogP contribution < -0.4 is 9.30 Å². The normalized spacial score (nSPS) is 12.4. The molecule has 5 rings (SSSR count). The van der Waals surface area contributed by atoms with E-state index < -0.39 is 0 Å². The number of hydrogen-bond donors (Lipinski definition) is 0. The molecule has 0 spiro atoms. The van der Waals surface area contributed by atoms with E-state index in [1.807, 2.05) is 12.1 Å². The molecule has 2 heterocycles. The van der Waals surface area contributed by atoms with E-state index in [1.165, 1.54) is 34.0 Å². The molecule has 0 aliphatic carbocycles. The summed E-state index contributed by atoms with van der Waals surface area (Å²) in [5, 5.41) is 0. The van der Waals surface area contributed by atoms with E-state index in [0.717, 1.165) is 23.1 Å². The average Bonchev–Trinajstić information content (AvgIpc) is 3.14. The topological polar surface area (TPSA) is 18.0 Å². The van der Waals surface area contributed by atoms with Crippen molar-refractivity contribution in [3.63, 3.8) is 0 Å². The molecule has 4 aromatic rings. The molecule has 0 atom stereocenters. The zero-order chi connectivity index (χ0) is 19.1. The van der Waals surface area contributed by atoms with Crippen molar-refractivity contribution >= 4 is 15.9 Å². The van der Waals surface area contributed by atoms with Gasteiger partial charge in [-0.05, 0) is 66.6 Å². The lowest BCUT2D eigenvalue weighted by Gasteiger charge is -2.14. The van der Waals surface area contributed by atoms with Crippen LogP contribution in [0, 0.1) is 0 Å². The number of aryl methyl sites for hydroxylation is 1. The van der Waals surface area contributed by atoms with Crippen molar-refractivity contribution in [3.8, 4) is 28.4 Å². The Morgan fingerprint density at radius 1 is 0.893 bits per heavy atom. The highest BCUT2D eigenvalue weighted by atomic mass is 79.9. The zero-order valence-corrected chi connectivity index (χ0v) is 17.2. The lowest BCUT2D eigenvalue weighted by atomic mass is 10.0. The molecule has 0 saturated heterocycles. The smallest absolute Gasteiger partial charge is 0.267 e. The number of nitrogens with zero attached hydrogens (tertiary/aromatic N) is 2. The van der Waals surface area contributed by atoms with Gasteiger partial charge in [-0.1, -0.05) is 34.1 Å². The quantitative estimate of drug-likeness (QED) is 0.403. The molecule has 138 valence electrons. The van der Waals surface area contributed by atoms with Crippen molar-refractivity contribution in [3.05, 3.63) is 94.9 Å². The Bertz CT molecular complexity index is 1140. The van der Waals surface area contributed by atoms with Crippen LogP contribution in [0.5, 0.6) is 5.75 Å². The summed E-state index contributed by atoms with van der Waals surface area (Å²) in [5.74, 6) is 2.17. The monoisotopic (exact) mass is 431 g/mol. The van der Waals surface area contributed by atoms with Crippen molar-refractivity contribution in [1.29, 1.82) is 0 Å². The molecular formula is C24H20BrN2O+. The van der Waals surface area contributed by atoms with E-state index in [2.05, 4.69) is 91.9 Å². The van der Waals surface area contributed by atoms with E-state index in [9.17, 15) is 0 Å². The van der Waals surface area contributed by atoms with E-state index in [1.54, 1.807) is 7.11 Å². The molecule has 0 bridgehead atoms. The molecule has 3 aromatic carbocycles. The van der Waals surface area contributed by atoms with Crippen molar-refractivity contribution in [2.24, 2.45) is 0 Å². The summed E-state index contributed by atoms with van der Waals surface area (Å²) in [6.45, 7) is 0. The minimum atomic E-state index is 0.869. The number of para-hydroxylation sites is 1. The molecule has 4 heteroatoms. The Labute approximate surface area is 173 Å². The summed E-state index contributed by atoms with van der Waals surface area (Å²) in [5.41, 5.74) is 6.19. The molecule has 1 aliphatic heterocycles. The Morgan fingerprint density at radius 3 is 2.39 bits per heavy atom. The average molecular weight is 432 g/mol. The Morgan fingerprint density at radius 2 is 1.64 bits per heavy atom. The standard InChI is InChI=1S/C24H20BrN2O/c1-28-21-13-6-18(7-14-21)23-16-26-22-5-3-2-4-17(22)8-15-24(26)27(23)20-11-9-19(25)10-12-20/h2-7,9-14,16H,8,15H2,1H3/q+1. The van der Waals surface area contributed by atoms with Gasteiger partial charge in [0.2, 0.25) is 0 Å². The minimum Gasteiger partial charge on any atom is -0.497 e. The molecule has 3 nitrogen and oxygen atoms in total. The van der Waals surface area contributed by atoms with Crippen molar-refractivity contribution in [1.82, 2.24) is 4.57 Å². The summed E-state index contributed by atoms with van der Waals surface area (Å²) >= 11 is 3.56. The lowest BCUT2D eigenvalue weighted by Crippen LogP contribution is -2.39. The van der Waals surface area contributed by atoms with Gasteiger partial charge in [-0.2, -0.15) is 9.13 Å². The zero-order valence-electron chi connectivity index (χ0n) is 15.6. The van der Waals surface area contributed by atoms with Crippen LogP contribution in [0.4, 0.5) is 0 Å². The van der Waals surface area contributed by atoms with Gasteiger partial charge in [0.15, 0.2) is 5.69 Å². The van der Waals surface area contributed by atoms with Crippen LogP contribution in [0.3, 0.4) is 0 Å². The Hall–Kier alpha value is -2.85. The van der Waals surface area contributed by atoms with E-state index in [4.69, 9.17) is 4.74 Å². The van der Waals surface area contributed by atoms with Gasteiger partial charge in [0, 0.05) is 10.0 Å². The first kappa shape index (κ1) is 17.3. The van der Waals surface area contributed by atoms with Crippen molar-refractivity contribution in [2.75, 3.05) is 7.11 Å². The van der Waals surface area contributed by atoms with Crippen molar-refractivity contribution in [2.45, 2.75) is 12.8 Å². The third-order valence-corrected chi connectivity index (χ3v) is 5.90. The first-order valence-corrected chi connectivity index (χ1v) is 10.2. The molecule has 0 amide bonds. The molecule has 0 saturated carbocycles. The van der Waals surface area contributed by atoms with Crippen LogP contribution >= 0.6 is 15.9 Å². The second-order valence-electron chi connectivity index (χ2n) is 6.97. The molecule has 0 fully saturated rings. The molecule has 0 radical (unpaired) electrons. The van der Waals surface area contributed by atoms with Gasteiger partial charge in [0.25, 0.3) is 5.82 Å². The predicted molar refractivity (Wildman–Crippen MR) is 114 cm³/mol. The summed E-state index contributed by atoms with van der Waals surface area (Å²) in [6, 6.07) is 25.5. The maximum absolute atomic E-state index is 5.34. The van der Waals surface area contributed by atoms with Crippen LogP contribution in [-0.4, -0.2) is 11.7 Å². The number of imidazole rings is 1. The maximum atomic E-state index is 5.34. The van der Waals surface area contributed by atoms with Crippen LogP contribution in [0.2, 0.25) is 0 Å². The van der Waals surface area contributed by atoms with Crippen LogP contribution in [0.1, 0.15) is 11.4 Å². The Kier molecular flexibility index (Phi) is 4.29. The fourth-order valence-corrected chi connectivity index (χ4v) is 4.25. The number of methoxy groups -OCH3 is 1. The highest BCUT2D eigenvalue weighted by Gasteiger charge is 2.31. The number of hydrogen-bond acceptors (Lipinski definition) is 1. The van der Waals surface area contributed by atoms with Crippen molar-refractivity contribution < 1.29 is 9.30 Å². The lowest BCUT2D eigenvalue weighted by molar-refractivity contribution is -0.606. The second kappa shape index (κ2) is 6.95. The van der Waals surface area contributed by atoms with E-state index in [0.29, 0.717) is 0 Å².